The molecule has 2 aliphatic rings. The normalized spacial score (nSPS) is 22.2. The van der Waals surface area contributed by atoms with E-state index >= 15 is 0 Å². The molecule has 0 saturated heterocycles. The Labute approximate surface area is 463 Å². The number of nitrogens with zero attached hydrogens (tertiary/aromatic N) is 3. The van der Waals surface area contributed by atoms with Crippen LogP contribution in [0.2, 0.25) is 0 Å². The van der Waals surface area contributed by atoms with Gasteiger partial charge in [-0.25, -0.2) is 0 Å². The summed E-state index contributed by atoms with van der Waals surface area (Å²) in [6, 6.07) is 19.9. The summed E-state index contributed by atoms with van der Waals surface area (Å²) in [4.78, 5) is 76.4. The van der Waals surface area contributed by atoms with Crippen LogP contribution in [0.15, 0.2) is 109 Å². The Hall–Kier alpha value is -5.36. The fraction of sp³-hybridized carbons (Fsp3) is 0.613. The van der Waals surface area contributed by atoms with E-state index in [0.717, 1.165) is 36.8 Å². The lowest BCUT2D eigenvalue weighted by molar-refractivity contribution is -0.981. The molecule has 2 saturated carbocycles. The van der Waals surface area contributed by atoms with Crippen LogP contribution in [0.4, 0.5) is 0 Å². The maximum absolute atomic E-state index is 12.9. The number of amides is 4. The molecule has 10 atom stereocenters. The molecule has 0 aromatic heterocycles. The van der Waals surface area contributed by atoms with Crippen molar-refractivity contribution in [3.8, 4) is 0 Å². The molecule has 16 nitrogen and oxygen atoms in total. The van der Waals surface area contributed by atoms with Crippen LogP contribution < -0.4 is 0 Å². The summed E-state index contributed by atoms with van der Waals surface area (Å²) >= 11 is 0. The van der Waals surface area contributed by atoms with Crippen LogP contribution in [0, 0.1) is 28.6 Å². The van der Waals surface area contributed by atoms with Gasteiger partial charge >= 0.3 is 5.09 Å². The first-order valence-corrected chi connectivity index (χ1v) is 29.0. The van der Waals surface area contributed by atoms with E-state index in [4.69, 9.17) is 9.68 Å². The Kier molecular flexibility index (Phi) is 31.3. The van der Waals surface area contributed by atoms with Crippen LogP contribution in [-0.2, 0) is 41.7 Å². The highest BCUT2D eigenvalue weighted by Crippen LogP contribution is 2.36. The summed E-state index contributed by atoms with van der Waals surface area (Å²) in [5.74, 6) is -2.07. The lowest BCUT2D eigenvalue weighted by Crippen LogP contribution is -2.36. The monoisotopic (exact) mass is 1090 g/mol. The molecule has 0 unspecified atom stereocenters. The van der Waals surface area contributed by atoms with Gasteiger partial charge in [0.2, 0.25) is 23.6 Å². The van der Waals surface area contributed by atoms with Crippen LogP contribution in [0.3, 0.4) is 0 Å². The summed E-state index contributed by atoms with van der Waals surface area (Å²) < 4.78 is 0. The van der Waals surface area contributed by atoms with Gasteiger partial charge in [0.15, 0.2) is 13.2 Å². The third-order valence-corrected chi connectivity index (χ3v) is 14.9. The molecule has 0 spiro atoms. The van der Waals surface area contributed by atoms with Crippen molar-refractivity contribution in [3.05, 3.63) is 125 Å². The zero-order valence-corrected chi connectivity index (χ0v) is 46.4. The minimum Gasteiger partial charge on any atom is -0.392 e. The molecular weight excluding hydrogens is 995 g/mol. The molecule has 2 aromatic carbocycles. The van der Waals surface area contributed by atoms with E-state index in [1.54, 1.807) is 26.0 Å². The standard InChI is InChI=1S/C62H92N3O13/c1-3-63(59(72)31-19-7-5-17-29-51-53(57(70)45-55(51)68)41-39-49(66)37-35-47-25-13-9-14-26-47)61(74)33-21-11-23-43-77-65(76)78-44-24-12-22-34-62(75)64(4-2)60(73)32-20-8-6-18-30-52-54(58(71)46-56(52)69)42-40-50(67)38-36-48-27-15-10-16-28-48/h9-10,13-18,25-30,39-42,49-58,66-71H,3-8,11-12,19-24,31-38,43-46H2,1-2H3/q+1/b29-17?,30-18?,41-39+,42-40+/t49-,50-,51+,52+,53-,54-,55+,56+,57+,58+/m0/s1. The third kappa shape index (κ3) is 24.3. The minimum atomic E-state index is -0.704. The number of benzene rings is 2. The molecule has 0 aliphatic heterocycles. The highest BCUT2D eigenvalue weighted by Gasteiger charge is 2.40. The number of aryl methyl sites for hydroxylation is 2. The number of hydrogen-bond acceptors (Lipinski definition) is 13. The van der Waals surface area contributed by atoms with E-state index in [2.05, 4.69) is 0 Å². The predicted molar refractivity (Wildman–Crippen MR) is 300 cm³/mol. The second-order valence-corrected chi connectivity index (χ2v) is 20.9. The van der Waals surface area contributed by atoms with Gasteiger partial charge in [0, 0.05) is 75.3 Å². The van der Waals surface area contributed by atoms with Gasteiger partial charge < -0.3 is 30.6 Å². The maximum atomic E-state index is 12.9. The Balaban J connectivity index is 0.979. The molecule has 4 amide bonds. The number of rotatable bonds is 38. The summed E-state index contributed by atoms with van der Waals surface area (Å²) in [5.41, 5.74) is 2.29. The van der Waals surface area contributed by atoms with Crippen molar-refractivity contribution >= 4 is 23.6 Å². The van der Waals surface area contributed by atoms with Crippen LogP contribution in [-0.4, -0.2) is 132 Å². The average Bonchev–Trinajstić information content (AvgIpc) is 3.90. The van der Waals surface area contributed by atoms with Crippen LogP contribution in [0.1, 0.15) is 153 Å². The molecule has 0 heterocycles. The van der Waals surface area contributed by atoms with Gasteiger partial charge in [0.25, 0.3) is 0 Å². The second kappa shape index (κ2) is 37.5. The van der Waals surface area contributed by atoms with Crippen molar-refractivity contribution in [1.82, 2.24) is 9.80 Å². The Morgan fingerprint density at radius 1 is 0.513 bits per heavy atom. The highest BCUT2D eigenvalue weighted by molar-refractivity contribution is 5.95. The lowest BCUT2D eigenvalue weighted by atomic mass is 9.91. The van der Waals surface area contributed by atoms with E-state index in [9.17, 15) is 54.7 Å². The number of allylic oxidation sites excluding steroid dienone is 2. The van der Waals surface area contributed by atoms with Gasteiger partial charge in [-0.2, -0.15) is 9.68 Å². The van der Waals surface area contributed by atoms with Gasteiger partial charge in [-0.3, -0.25) is 29.0 Å². The van der Waals surface area contributed by atoms with E-state index in [1.807, 2.05) is 97.1 Å². The molecule has 2 aromatic rings. The first-order valence-electron chi connectivity index (χ1n) is 29.0. The van der Waals surface area contributed by atoms with Gasteiger partial charge in [0.05, 0.1) is 36.6 Å². The SMILES string of the molecule is CCN(C(=O)CCCCC=C[C@@H]1[C@H](/C=C/[C@@H](O)CCc2ccccc2)[C@H](O)C[C@H]1O)C(=O)CCCCCO[N+](=O)OCCCCCC(=O)N(CC)C(=O)CCCCC=C[C@@H]1[C@H](/C=C/[C@@H](O)CCc2ccccc2)[C@H](O)C[C@H]1O. The predicted octanol–water partition coefficient (Wildman–Crippen LogP) is 8.55. The van der Waals surface area contributed by atoms with E-state index in [-0.39, 0.29) is 117 Å². The molecule has 6 N–H and O–H groups in total. The van der Waals surface area contributed by atoms with Crippen LogP contribution in [0.5, 0.6) is 0 Å². The molecule has 78 heavy (non-hydrogen) atoms. The van der Waals surface area contributed by atoms with E-state index < -0.39 is 36.6 Å². The highest BCUT2D eigenvalue weighted by atomic mass is 17.0. The lowest BCUT2D eigenvalue weighted by Gasteiger charge is -2.19. The summed E-state index contributed by atoms with van der Waals surface area (Å²) in [6.07, 6.45) is 22.1. The van der Waals surface area contributed by atoms with Crippen molar-refractivity contribution in [1.29, 1.82) is 0 Å². The molecule has 0 bridgehead atoms. The van der Waals surface area contributed by atoms with Gasteiger partial charge in [-0.15, -0.1) is 0 Å². The smallest absolute Gasteiger partial charge is 0.392 e. The molecule has 16 heteroatoms. The molecular formula is C62H92N3O13+. The Morgan fingerprint density at radius 2 is 0.846 bits per heavy atom. The largest absolute Gasteiger partial charge is 0.477 e. The molecule has 432 valence electrons. The summed E-state index contributed by atoms with van der Waals surface area (Å²) in [7, 11) is 0. The van der Waals surface area contributed by atoms with Gasteiger partial charge in [-0.1, -0.05) is 109 Å². The van der Waals surface area contributed by atoms with Crippen molar-refractivity contribution in [3.63, 3.8) is 0 Å². The first-order chi connectivity index (χ1) is 37.7. The summed E-state index contributed by atoms with van der Waals surface area (Å²) in [5, 5.41) is 63.5. The third-order valence-electron chi connectivity index (χ3n) is 14.9. The number of imide groups is 2. The number of hydrogen-bond donors (Lipinski definition) is 6. The maximum Gasteiger partial charge on any atom is 0.477 e. The van der Waals surface area contributed by atoms with Crippen molar-refractivity contribution in [2.24, 2.45) is 23.7 Å². The number of aliphatic hydroxyl groups is 6. The van der Waals surface area contributed by atoms with Crippen LogP contribution in [0.25, 0.3) is 0 Å². The Bertz CT molecular complexity index is 2020. The molecule has 4 rings (SSSR count). The summed E-state index contributed by atoms with van der Waals surface area (Å²) in [6.45, 7) is 4.30. The van der Waals surface area contributed by atoms with Gasteiger partial charge in [-0.05, 0) is 128 Å². The molecule has 2 fully saturated rings. The number of carbonyl (C=O) groups is 4. The van der Waals surface area contributed by atoms with Crippen molar-refractivity contribution < 1.29 is 64.6 Å². The van der Waals surface area contributed by atoms with E-state index in [1.165, 1.54) is 9.80 Å². The van der Waals surface area contributed by atoms with Gasteiger partial charge in [0.1, 0.15) is 4.91 Å². The topological polar surface area (TPSA) is 235 Å². The Morgan fingerprint density at radius 3 is 1.19 bits per heavy atom. The van der Waals surface area contributed by atoms with Crippen LogP contribution >= 0.6 is 0 Å². The number of unbranched alkanes of at least 4 members (excludes halogenated alkanes) is 8. The van der Waals surface area contributed by atoms with Crippen molar-refractivity contribution in [2.45, 2.75) is 192 Å². The average molecular weight is 1090 g/mol. The molecule has 0 radical (unpaired) electrons. The fourth-order valence-electron chi connectivity index (χ4n) is 10.3. The zero-order chi connectivity index (χ0) is 56.5. The number of aliphatic hydroxyl groups excluding tert-OH is 6. The second-order valence-electron chi connectivity index (χ2n) is 20.9. The zero-order valence-electron chi connectivity index (χ0n) is 46.4. The molecule has 2 aliphatic carbocycles. The van der Waals surface area contributed by atoms with Crippen molar-refractivity contribution in [2.75, 3.05) is 26.3 Å². The minimum absolute atomic E-state index is 0.0778. The number of carbonyl (C=O) groups excluding carboxylic acids is 4. The fourth-order valence-corrected chi connectivity index (χ4v) is 10.3. The van der Waals surface area contributed by atoms with E-state index in [0.29, 0.717) is 77.0 Å². The first kappa shape index (κ1) is 65.2. The quantitative estimate of drug-likeness (QED) is 0.0210.